The van der Waals surface area contributed by atoms with E-state index in [1.54, 1.807) is 17.3 Å². The van der Waals surface area contributed by atoms with Crippen molar-refractivity contribution < 1.29 is 4.84 Å². The molecule has 0 saturated heterocycles. The molecule has 0 radical (unpaired) electrons. The van der Waals surface area contributed by atoms with Crippen LogP contribution in [0.1, 0.15) is 0 Å². The Bertz CT molecular complexity index is 266. The third kappa shape index (κ3) is 3.81. The third-order valence-corrected chi connectivity index (χ3v) is 1.74. The standard InChI is InChI=1S/C10H14N2OS/c1-2-7-12(8-9-14)13-10-5-3-4-6-11-10/h2-6,14H,1,7-9H2. The Morgan fingerprint density at radius 2 is 2.43 bits per heavy atom. The quantitative estimate of drug-likeness (QED) is 0.440. The lowest BCUT2D eigenvalue weighted by Crippen LogP contribution is -2.29. The summed E-state index contributed by atoms with van der Waals surface area (Å²) < 4.78 is 0. The molecule has 76 valence electrons. The van der Waals surface area contributed by atoms with Gasteiger partial charge >= 0.3 is 0 Å². The van der Waals surface area contributed by atoms with E-state index < -0.39 is 0 Å². The molecule has 1 aromatic rings. The van der Waals surface area contributed by atoms with Crippen molar-refractivity contribution in [1.29, 1.82) is 0 Å². The first-order valence-corrected chi connectivity index (χ1v) is 5.05. The smallest absolute Gasteiger partial charge is 0.238 e. The lowest BCUT2D eigenvalue weighted by atomic mass is 10.5. The van der Waals surface area contributed by atoms with Crippen LogP contribution in [0.5, 0.6) is 5.88 Å². The highest BCUT2D eigenvalue weighted by molar-refractivity contribution is 7.80. The average Bonchev–Trinajstić information content (AvgIpc) is 2.20. The van der Waals surface area contributed by atoms with Crippen LogP contribution in [0.2, 0.25) is 0 Å². The van der Waals surface area contributed by atoms with Gasteiger partial charge in [-0.2, -0.15) is 12.6 Å². The monoisotopic (exact) mass is 210 g/mol. The molecule has 0 aliphatic carbocycles. The summed E-state index contributed by atoms with van der Waals surface area (Å²) in [7, 11) is 0. The molecule has 3 nitrogen and oxygen atoms in total. The summed E-state index contributed by atoms with van der Waals surface area (Å²) in [5.41, 5.74) is 0. The van der Waals surface area contributed by atoms with Gasteiger partial charge in [0.1, 0.15) is 0 Å². The van der Waals surface area contributed by atoms with Crippen LogP contribution in [0, 0.1) is 0 Å². The molecule has 0 aliphatic rings. The number of hydrogen-bond donors (Lipinski definition) is 1. The molecule has 0 fully saturated rings. The molecule has 0 aromatic carbocycles. The van der Waals surface area contributed by atoms with E-state index in [4.69, 9.17) is 4.84 Å². The van der Waals surface area contributed by atoms with Gasteiger partial charge in [-0.3, -0.25) is 0 Å². The van der Waals surface area contributed by atoms with E-state index in [0.717, 1.165) is 12.3 Å². The van der Waals surface area contributed by atoms with Crippen molar-refractivity contribution in [3.05, 3.63) is 37.1 Å². The van der Waals surface area contributed by atoms with E-state index in [-0.39, 0.29) is 0 Å². The summed E-state index contributed by atoms with van der Waals surface area (Å²) >= 11 is 4.14. The lowest BCUT2D eigenvalue weighted by Gasteiger charge is -2.18. The third-order valence-electron chi connectivity index (χ3n) is 1.54. The molecule has 0 atom stereocenters. The SMILES string of the molecule is C=CCN(CCS)Oc1ccccn1. The lowest BCUT2D eigenvalue weighted by molar-refractivity contribution is -0.0456. The molecule has 0 unspecified atom stereocenters. The molecule has 0 aliphatic heterocycles. The zero-order valence-electron chi connectivity index (χ0n) is 7.97. The minimum atomic E-state index is 0.594. The molecule has 0 N–H and O–H groups in total. The van der Waals surface area contributed by atoms with Gasteiger partial charge in [0.15, 0.2) is 0 Å². The zero-order valence-corrected chi connectivity index (χ0v) is 8.86. The van der Waals surface area contributed by atoms with E-state index in [1.165, 1.54) is 0 Å². The van der Waals surface area contributed by atoms with E-state index >= 15 is 0 Å². The predicted octanol–water partition coefficient (Wildman–Crippen LogP) is 1.79. The van der Waals surface area contributed by atoms with E-state index in [0.29, 0.717) is 12.4 Å². The Morgan fingerprint density at radius 3 is 3.00 bits per heavy atom. The van der Waals surface area contributed by atoms with Crippen LogP contribution in [0.4, 0.5) is 0 Å². The minimum Gasteiger partial charge on any atom is -0.385 e. The largest absolute Gasteiger partial charge is 0.385 e. The summed E-state index contributed by atoms with van der Waals surface area (Å²) in [6.07, 6.45) is 3.48. The van der Waals surface area contributed by atoms with Gasteiger partial charge in [0, 0.05) is 24.6 Å². The molecule has 1 aromatic heterocycles. The van der Waals surface area contributed by atoms with Crippen molar-refractivity contribution in [3.8, 4) is 5.88 Å². The summed E-state index contributed by atoms with van der Waals surface area (Å²) in [6.45, 7) is 5.06. The fourth-order valence-electron chi connectivity index (χ4n) is 0.963. The van der Waals surface area contributed by atoms with Gasteiger partial charge in [0.25, 0.3) is 0 Å². The summed E-state index contributed by atoms with van der Waals surface area (Å²) in [5, 5.41) is 1.77. The maximum absolute atomic E-state index is 5.50. The van der Waals surface area contributed by atoms with E-state index in [2.05, 4.69) is 24.2 Å². The molecule has 1 heterocycles. The average molecular weight is 210 g/mol. The first-order chi connectivity index (χ1) is 6.86. The second-order valence-electron chi connectivity index (χ2n) is 2.66. The van der Waals surface area contributed by atoms with Crippen molar-refractivity contribution >= 4 is 12.6 Å². The molecule has 0 amide bonds. The molecule has 0 spiro atoms. The van der Waals surface area contributed by atoms with Crippen molar-refractivity contribution in [3.63, 3.8) is 0 Å². The van der Waals surface area contributed by atoms with Crippen molar-refractivity contribution in [2.75, 3.05) is 18.8 Å². The normalized spacial score (nSPS) is 10.1. The number of hydroxylamine groups is 2. The predicted molar refractivity (Wildman–Crippen MR) is 60.5 cm³/mol. The summed E-state index contributed by atoms with van der Waals surface area (Å²) in [5.74, 6) is 1.33. The number of rotatable bonds is 6. The summed E-state index contributed by atoms with van der Waals surface area (Å²) in [6, 6.07) is 5.55. The topological polar surface area (TPSA) is 25.4 Å². The van der Waals surface area contributed by atoms with Gasteiger partial charge in [-0.15, -0.1) is 11.6 Å². The maximum atomic E-state index is 5.50. The molecule has 1 rings (SSSR count). The Hall–Kier alpha value is -1.00. The molecule has 14 heavy (non-hydrogen) atoms. The van der Waals surface area contributed by atoms with Crippen LogP contribution in [0.3, 0.4) is 0 Å². The maximum Gasteiger partial charge on any atom is 0.238 e. The highest BCUT2D eigenvalue weighted by Crippen LogP contribution is 2.05. The zero-order chi connectivity index (χ0) is 10.2. The highest BCUT2D eigenvalue weighted by Gasteiger charge is 2.03. The number of pyridine rings is 1. The van der Waals surface area contributed by atoms with Gasteiger partial charge in [0.2, 0.25) is 5.88 Å². The first-order valence-electron chi connectivity index (χ1n) is 4.42. The van der Waals surface area contributed by atoms with Crippen LogP contribution < -0.4 is 4.84 Å². The summed E-state index contributed by atoms with van der Waals surface area (Å²) in [4.78, 5) is 9.56. The Kier molecular flexibility index (Phi) is 5.11. The molecular formula is C10H14N2OS. The van der Waals surface area contributed by atoms with E-state index in [1.807, 2.05) is 18.2 Å². The van der Waals surface area contributed by atoms with Crippen molar-refractivity contribution in [1.82, 2.24) is 10.0 Å². The van der Waals surface area contributed by atoms with Crippen LogP contribution in [0.25, 0.3) is 0 Å². The van der Waals surface area contributed by atoms with Gasteiger partial charge in [-0.05, 0) is 6.07 Å². The second-order valence-corrected chi connectivity index (χ2v) is 3.11. The first kappa shape index (κ1) is 11.1. The molecular weight excluding hydrogens is 196 g/mol. The number of nitrogens with zero attached hydrogens (tertiary/aromatic N) is 2. The van der Waals surface area contributed by atoms with Crippen molar-refractivity contribution in [2.24, 2.45) is 0 Å². The number of thiol groups is 1. The Morgan fingerprint density at radius 1 is 1.57 bits per heavy atom. The minimum absolute atomic E-state index is 0.594. The van der Waals surface area contributed by atoms with Gasteiger partial charge < -0.3 is 4.84 Å². The van der Waals surface area contributed by atoms with Crippen LogP contribution in [-0.4, -0.2) is 28.9 Å². The van der Waals surface area contributed by atoms with Gasteiger partial charge in [-0.25, -0.2) is 4.98 Å². The van der Waals surface area contributed by atoms with Gasteiger partial charge in [-0.1, -0.05) is 12.1 Å². The molecule has 0 bridgehead atoms. The number of hydrogen-bond acceptors (Lipinski definition) is 4. The molecule has 4 heteroatoms. The Balaban J connectivity index is 2.50. The van der Waals surface area contributed by atoms with Crippen LogP contribution >= 0.6 is 12.6 Å². The van der Waals surface area contributed by atoms with E-state index in [9.17, 15) is 0 Å². The molecule has 0 saturated carbocycles. The van der Waals surface area contributed by atoms with Gasteiger partial charge in [0.05, 0.1) is 6.54 Å². The van der Waals surface area contributed by atoms with Crippen LogP contribution in [-0.2, 0) is 0 Å². The second kappa shape index (κ2) is 6.45. The van der Waals surface area contributed by atoms with Crippen LogP contribution in [0.15, 0.2) is 37.1 Å². The highest BCUT2D eigenvalue weighted by atomic mass is 32.1. The Labute approximate surface area is 89.8 Å². The fraction of sp³-hybridized carbons (Fsp3) is 0.300. The fourth-order valence-corrected chi connectivity index (χ4v) is 1.19. The van der Waals surface area contributed by atoms with Crippen molar-refractivity contribution in [2.45, 2.75) is 0 Å². The number of aromatic nitrogens is 1.